The maximum Gasteiger partial charge on any atom is 0.355 e. The van der Waals surface area contributed by atoms with E-state index in [2.05, 4.69) is 10.3 Å². The topological polar surface area (TPSA) is 91.5 Å². The van der Waals surface area contributed by atoms with E-state index in [1.165, 1.54) is 4.90 Å². The molecule has 7 heteroatoms. The number of H-pyrrole nitrogens is 1. The van der Waals surface area contributed by atoms with E-state index in [1.807, 2.05) is 24.3 Å². The van der Waals surface area contributed by atoms with Crippen LogP contribution in [0.15, 0.2) is 54.6 Å². The van der Waals surface area contributed by atoms with E-state index in [9.17, 15) is 14.4 Å². The molecule has 0 fully saturated rings. The van der Waals surface area contributed by atoms with Crippen molar-refractivity contribution in [3.8, 4) is 0 Å². The molecule has 0 saturated heterocycles. The van der Waals surface area contributed by atoms with E-state index < -0.39 is 24.0 Å². The summed E-state index contributed by atoms with van der Waals surface area (Å²) in [7, 11) is 0. The van der Waals surface area contributed by atoms with Gasteiger partial charge in [0, 0.05) is 10.9 Å². The van der Waals surface area contributed by atoms with Gasteiger partial charge in [-0.25, -0.2) is 4.79 Å². The number of anilines is 2. The zero-order chi connectivity index (χ0) is 19.9. The highest BCUT2D eigenvalue weighted by Crippen LogP contribution is 2.36. The molecule has 0 saturated carbocycles. The zero-order valence-corrected chi connectivity index (χ0v) is 15.5. The van der Waals surface area contributed by atoms with Crippen molar-refractivity contribution in [2.75, 3.05) is 16.8 Å². The van der Waals surface area contributed by atoms with Crippen LogP contribution in [0, 0.1) is 0 Å². The lowest BCUT2D eigenvalue weighted by Crippen LogP contribution is -2.59. The number of esters is 1. The molecule has 3 aromatic rings. The number of hydrogen-bond acceptors (Lipinski definition) is 4. The summed E-state index contributed by atoms with van der Waals surface area (Å²) in [4.78, 5) is 42.0. The maximum atomic E-state index is 12.9. The van der Waals surface area contributed by atoms with Crippen molar-refractivity contribution in [2.24, 2.45) is 0 Å². The summed E-state index contributed by atoms with van der Waals surface area (Å²) >= 11 is 0. The average Bonchev–Trinajstić information content (AvgIpc) is 3.11. The first kappa shape index (κ1) is 17.8. The number of benzene rings is 2. The summed E-state index contributed by atoms with van der Waals surface area (Å²) in [6.07, 6.45) is 0. The van der Waals surface area contributed by atoms with Crippen molar-refractivity contribution >= 4 is 40.1 Å². The predicted molar refractivity (Wildman–Crippen MR) is 105 cm³/mol. The number of fused-ring (bicyclic) bond motifs is 2. The number of ether oxygens (including phenoxy) is 1. The molecule has 2 aromatic carbocycles. The number of hydrogen-bond donors (Lipinski definition) is 2. The van der Waals surface area contributed by atoms with Crippen LogP contribution in [-0.4, -0.2) is 34.9 Å². The van der Waals surface area contributed by atoms with Gasteiger partial charge in [0.15, 0.2) is 6.61 Å². The van der Waals surface area contributed by atoms with Gasteiger partial charge in [-0.1, -0.05) is 30.3 Å². The third kappa shape index (κ3) is 2.90. The van der Waals surface area contributed by atoms with Gasteiger partial charge in [0.1, 0.15) is 11.2 Å². The van der Waals surface area contributed by atoms with E-state index in [0.29, 0.717) is 11.4 Å². The number of carbonyl (C=O) groups is 3. The highest BCUT2D eigenvalue weighted by atomic mass is 16.5. The highest BCUT2D eigenvalue weighted by molar-refractivity contribution is 6.14. The fourth-order valence-corrected chi connectivity index (χ4v) is 3.35. The number of amides is 2. The molecule has 2 N–H and O–H groups in total. The van der Waals surface area contributed by atoms with Gasteiger partial charge in [-0.2, -0.15) is 0 Å². The van der Waals surface area contributed by atoms with Crippen LogP contribution >= 0.6 is 0 Å². The molecule has 28 heavy (non-hydrogen) atoms. The second kappa shape index (κ2) is 6.53. The molecular weight excluding hydrogens is 358 g/mol. The molecule has 1 aliphatic heterocycles. The Kier molecular flexibility index (Phi) is 4.15. The number of para-hydroxylation sites is 3. The van der Waals surface area contributed by atoms with Crippen LogP contribution in [0.3, 0.4) is 0 Å². The first-order valence-electron chi connectivity index (χ1n) is 8.86. The van der Waals surface area contributed by atoms with Crippen molar-refractivity contribution in [3.05, 3.63) is 60.3 Å². The number of rotatable bonds is 3. The summed E-state index contributed by atoms with van der Waals surface area (Å²) < 4.78 is 5.22. The lowest BCUT2D eigenvalue weighted by Gasteiger charge is -2.41. The standard InChI is InChI=1S/C21H19N3O4/c1-21(2)20(27)23-15-9-5-6-10-17(15)24(21)18(25)12-28-19(26)16-11-13-7-3-4-8-14(13)22-16/h3-11,22H,12H2,1-2H3,(H,23,27). The SMILES string of the molecule is CC1(C)C(=O)Nc2ccccc2N1C(=O)COC(=O)c1cc2ccccc2[nH]1. The molecule has 0 bridgehead atoms. The molecule has 2 heterocycles. The Morgan fingerprint density at radius 2 is 1.79 bits per heavy atom. The smallest absolute Gasteiger partial charge is 0.355 e. The number of carbonyl (C=O) groups excluding carboxylic acids is 3. The van der Waals surface area contributed by atoms with Gasteiger partial charge in [-0.05, 0) is 38.1 Å². The van der Waals surface area contributed by atoms with Crippen molar-refractivity contribution in [1.82, 2.24) is 4.98 Å². The molecule has 4 rings (SSSR count). The summed E-state index contributed by atoms with van der Waals surface area (Å²) in [5.41, 5.74) is 1.08. The summed E-state index contributed by atoms with van der Waals surface area (Å²) in [5.74, 6) is -1.41. The Bertz CT molecular complexity index is 1070. The molecule has 7 nitrogen and oxygen atoms in total. The van der Waals surface area contributed by atoms with Gasteiger partial charge >= 0.3 is 5.97 Å². The maximum absolute atomic E-state index is 12.9. The van der Waals surface area contributed by atoms with E-state index >= 15 is 0 Å². The molecule has 1 aromatic heterocycles. The number of aromatic nitrogens is 1. The van der Waals surface area contributed by atoms with Gasteiger partial charge in [0.05, 0.1) is 11.4 Å². The summed E-state index contributed by atoms with van der Waals surface area (Å²) in [6.45, 7) is 2.82. The minimum absolute atomic E-state index is 0.269. The lowest BCUT2D eigenvalue weighted by molar-refractivity contribution is -0.128. The van der Waals surface area contributed by atoms with Crippen molar-refractivity contribution < 1.29 is 19.1 Å². The van der Waals surface area contributed by atoms with Gasteiger partial charge in [0.2, 0.25) is 5.91 Å². The molecule has 0 atom stereocenters. The second-order valence-electron chi connectivity index (χ2n) is 7.11. The quantitative estimate of drug-likeness (QED) is 0.686. The number of nitrogens with zero attached hydrogens (tertiary/aromatic N) is 1. The molecule has 142 valence electrons. The largest absolute Gasteiger partial charge is 0.451 e. The van der Waals surface area contributed by atoms with E-state index in [-0.39, 0.29) is 11.6 Å². The average molecular weight is 377 g/mol. The summed E-state index contributed by atoms with van der Waals surface area (Å²) in [5, 5.41) is 3.67. The molecule has 0 radical (unpaired) electrons. The molecule has 1 aliphatic rings. The Balaban J connectivity index is 1.54. The molecule has 0 spiro atoms. The van der Waals surface area contributed by atoms with E-state index in [0.717, 1.165) is 10.9 Å². The van der Waals surface area contributed by atoms with Crippen LogP contribution in [0.2, 0.25) is 0 Å². The van der Waals surface area contributed by atoms with Gasteiger partial charge in [-0.15, -0.1) is 0 Å². The minimum Gasteiger partial charge on any atom is -0.451 e. The van der Waals surface area contributed by atoms with Crippen LogP contribution in [-0.2, 0) is 14.3 Å². The fourth-order valence-electron chi connectivity index (χ4n) is 3.35. The molecule has 0 aliphatic carbocycles. The molecule has 0 unspecified atom stereocenters. The van der Waals surface area contributed by atoms with Gasteiger partial charge in [-0.3, -0.25) is 14.5 Å². The van der Waals surface area contributed by atoms with Crippen molar-refractivity contribution in [1.29, 1.82) is 0 Å². The van der Waals surface area contributed by atoms with Crippen molar-refractivity contribution in [3.63, 3.8) is 0 Å². The first-order chi connectivity index (χ1) is 13.4. The van der Waals surface area contributed by atoms with Gasteiger partial charge in [0.25, 0.3) is 5.91 Å². The second-order valence-corrected chi connectivity index (χ2v) is 7.11. The fraction of sp³-hybridized carbons (Fsp3) is 0.190. The van der Waals surface area contributed by atoms with Crippen molar-refractivity contribution in [2.45, 2.75) is 19.4 Å². The van der Waals surface area contributed by atoms with E-state index in [1.54, 1.807) is 44.2 Å². The van der Waals surface area contributed by atoms with Crippen LogP contribution in [0.1, 0.15) is 24.3 Å². The normalized spacial score (nSPS) is 15.1. The monoisotopic (exact) mass is 377 g/mol. The Morgan fingerprint density at radius 3 is 2.57 bits per heavy atom. The molecular formula is C21H19N3O4. The Hall–Kier alpha value is -3.61. The first-order valence-corrected chi connectivity index (χ1v) is 8.86. The van der Waals surface area contributed by atoms with Gasteiger partial charge < -0.3 is 15.0 Å². The summed E-state index contributed by atoms with van der Waals surface area (Å²) in [6, 6.07) is 16.2. The third-order valence-electron chi connectivity index (χ3n) is 4.83. The predicted octanol–water partition coefficient (Wildman–Crippen LogP) is 3.09. The van der Waals surface area contributed by atoms with Crippen LogP contribution in [0.25, 0.3) is 10.9 Å². The minimum atomic E-state index is -1.11. The van der Waals surface area contributed by atoms with Crippen LogP contribution < -0.4 is 10.2 Å². The number of aromatic amines is 1. The molecule has 2 amide bonds. The van der Waals surface area contributed by atoms with Crippen LogP contribution in [0.5, 0.6) is 0 Å². The van der Waals surface area contributed by atoms with Crippen LogP contribution in [0.4, 0.5) is 11.4 Å². The third-order valence-corrected chi connectivity index (χ3v) is 4.83. The highest BCUT2D eigenvalue weighted by Gasteiger charge is 2.43. The zero-order valence-electron chi connectivity index (χ0n) is 15.5. The Labute approximate surface area is 161 Å². The number of nitrogens with one attached hydrogen (secondary N) is 2. The van der Waals surface area contributed by atoms with E-state index in [4.69, 9.17) is 4.74 Å². The Morgan fingerprint density at radius 1 is 1.07 bits per heavy atom. The lowest BCUT2D eigenvalue weighted by atomic mass is 9.96.